The Morgan fingerprint density at radius 1 is 1.40 bits per heavy atom. The van der Waals surface area contributed by atoms with Crippen molar-refractivity contribution in [2.75, 3.05) is 6.61 Å². The summed E-state index contributed by atoms with van der Waals surface area (Å²) in [7, 11) is 0. The number of carboxylic acids is 1. The van der Waals surface area contributed by atoms with E-state index in [1.807, 2.05) is 32.0 Å². The molecular formula is C12H12O3. The molecule has 1 heterocycles. The van der Waals surface area contributed by atoms with Crippen molar-refractivity contribution in [3.63, 3.8) is 0 Å². The highest BCUT2D eigenvalue weighted by Gasteiger charge is 2.21. The largest absolute Gasteiger partial charge is 0.488 e. The second kappa shape index (κ2) is 3.42. The molecule has 3 heteroatoms. The van der Waals surface area contributed by atoms with Gasteiger partial charge in [0.1, 0.15) is 12.4 Å². The van der Waals surface area contributed by atoms with Gasteiger partial charge in [-0.2, -0.15) is 0 Å². The molecule has 0 bridgehead atoms. The van der Waals surface area contributed by atoms with E-state index < -0.39 is 5.97 Å². The molecule has 2 rings (SSSR count). The van der Waals surface area contributed by atoms with Crippen LogP contribution in [0.15, 0.2) is 23.8 Å². The molecule has 0 aliphatic carbocycles. The Morgan fingerprint density at radius 2 is 2.13 bits per heavy atom. The van der Waals surface area contributed by atoms with Gasteiger partial charge in [0.05, 0.1) is 5.57 Å². The minimum atomic E-state index is -0.903. The van der Waals surface area contributed by atoms with Gasteiger partial charge in [-0.15, -0.1) is 0 Å². The number of aryl methyl sites for hydroxylation is 1. The van der Waals surface area contributed by atoms with E-state index in [1.54, 1.807) is 0 Å². The van der Waals surface area contributed by atoms with Crippen LogP contribution in [-0.2, 0) is 4.79 Å². The smallest absolute Gasteiger partial charge is 0.335 e. The van der Waals surface area contributed by atoms with E-state index >= 15 is 0 Å². The Morgan fingerprint density at radius 3 is 2.80 bits per heavy atom. The first-order valence-electron chi connectivity index (χ1n) is 4.76. The van der Waals surface area contributed by atoms with E-state index in [2.05, 4.69) is 0 Å². The molecule has 0 fully saturated rings. The Hall–Kier alpha value is -1.77. The van der Waals surface area contributed by atoms with Crippen molar-refractivity contribution in [2.24, 2.45) is 0 Å². The van der Waals surface area contributed by atoms with E-state index in [-0.39, 0.29) is 6.61 Å². The van der Waals surface area contributed by atoms with Crippen LogP contribution < -0.4 is 4.74 Å². The topological polar surface area (TPSA) is 46.5 Å². The van der Waals surface area contributed by atoms with Crippen molar-refractivity contribution < 1.29 is 14.6 Å². The number of benzene rings is 1. The van der Waals surface area contributed by atoms with Gasteiger partial charge in [-0.05, 0) is 31.6 Å². The number of ether oxygens (including phenoxy) is 1. The van der Waals surface area contributed by atoms with Gasteiger partial charge in [0, 0.05) is 5.56 Å². The molecule has 0 spiro atoms. The molecule has 15 heavy (non-hydrogen) atoms. The van der Waals surface area contributed by atoms with E-state index in [0.29, 0.717) is 5.57 Å². The number of fused-ring (bicyclic) bond motifs is 1. The quantitative estimate of drug-likeness (QED) is 0.763. The maximum Gasteiger partial charge on any atom is 0.335 e. The van der Waals surface area contributed by atoms with Crippen molar-refractivity contribution in [3.8, 4) is 5.75 Å². The van der Waals surface area contributed by atoms with Crippen LogP contribution in [-0.4, -0.2) is 17.7 Å². The third-order valence-corrected chi connectivity index (χ3v) is 2.62. The molecule has 1 aromatic rings. The molecule has 0 atom stereocenters. The highest BCUT2D eigenvalue weighted by molar-refractivity contribution is 5.97. The van der Waals surface area contributed by atoms with E-state index in [9.17, 15) is 4.79 Å². The summed E-state index contributed by atoms with van der Waals surface area (Å²) in [6.07, 6.45) is 0. The van der Waals surface area contributed by atoms with Crippen molar-refractivity contribution in [3.05, 3.63) is 34.9 Å². The van der Waals surface area contributed by atoms with Crippen LogP contribution in [0, 0.1) is 6.92 Å². The van der Waals surface area contributed by atoms with Crippen LogP contribution in [0.1, 0.15) is 18.1 Å². The zero-order valence-corrected chi connectivity index (χ0v) is 8.70. The van der Waals surface area contributed by atoms with Gasteiger partial charge in [-0.1, -0.05) is 11.6 Å². The minimum Gasteiger partial charge on any atom is -0.488 e. The Labute approximate surface area is 88.0 Å². The normalized spacial score (nSPS) is 14.5. The van der Waals surface area contributed by atoms with Gasteiger partial charge in [0.25, 0.3) is 0 Å². The van der Waals surface area contributed by atoms with Gasteiger partial charge >= 0.3 is 5.97 Å². The maximum absolute atomic E-state index is 10.9. The minimum absolute atomic E-state index is 0.150. The number of hydrogen-bond donors (Lipinski definition) is 1. The second-order valence-corrected chi connectivity index (χ2v) is 3.70. The van der Waals surface area contributed by atoms with Crippen LogP contribution in [0.25, 0.3) is 5.57 Å². The predicted molar refractivity (Wildman–Crippen MR) is 56.9 cm³/mol. The molecule has 78 valence electrons. The van der Waals surface area contributed by atoms with Crippen LogP contribution in [0.5, 0.6) is 5.75 Å². The summed E-state index contributed by atoms with van der Waals surface area (Å²) in [6, 6.07) is 5.79. The zero-order valence-electron chi connectivity index (χ0n) is 8.70. The van der Waals surface area contributed by atoms with Gasteiger partial charge < -0.3 is 9.84 Å². The van der Waals surface area contributed by atoms with Crippen molar-refractivity contribution in [1.82, 2.24) is 0 Å². The van der Waals surface area contributed by atoms with Crippen LogP contribution in [0.2, 0.25) is 0 Å². The van der Waals surface area contributed by atoms with Crippen molar-refractivity contribution >= 4 is 11.5 Å². The molecule has 0 radical (unpaired) electrons. The molecular weight excluding hydrogens is 192 g/mol. The Bertz CT molecular complexity index is 458. The molecule has 1 N–H and O–H groups in total. The molecule has 0 amide bonds. The summed E-state index contributed by atoms with van der Waals surface area (Å²) in [6.45, 7) is 3.95. The molecule has 3 nitrogen and oxygen atoms in total. The zero-order chi connectivity index (χ0) is 11.0. The summed E-state index contributed by atoms with van der Waals surface area (Å²) in [5.74, 6) is -0.136. The van der Waals surface area contributed by atoms with Crippen molar-refractivity contribution in [2.45, 2.75) is 13.8 Å². The van der Waals surface area contributed by atoms with Gasteiger partial charge in [0.15, 0.2) is 0 Å². The fourth-order valence-corrected chi connectivity index (χ4v) is 1.71. The standard InChI is InChI=1S/C12H12O3/c1-7-3-4-11-9(5-7)8(2)10(6-15-11)12(13)14/h3-5H,6H2,1-2H3,(H,13,14). The predicted octanol–water partition coefficient (Wildman–Crippen LogP) is 2.25. The first-order valence-corrected chi connectivity index (χ1v) is 4.76. The third kappa shape index (κ3) is 1.61. The molecule has 1 aliphatic heterocycles. The lowest BCUT2D eigenvalue weighted by atomic mass is 9.97. The van der Waals surface area contributed by atoms with Gasteiger partial charge in [-0.25, -0.2) is 4.79 Å². The number of hydrogen-bond acceptors (Lipinski definition) is 2. The average Bonchev–Trinajstić information content (AvgIpc) is 2.19. The lowest BCUT2D eigenvalue weighted by Gasteiger charge is -2.20. The molecule has 0 saturated heterocycles. The van der Waals surface area contributed by atoms with Crippen LogP contribution >= 0.6 is 0 Å². The summed E-state index contributed by atoms with van der Waals surface area (Å²) in [5, 5.41) is 8.97. The van der Waals surface area contributed by atoms with Gasteiger partial charge in [-0.3, -0.25) is 0 Å². The first kappa shape index (κ1) is 9.77. The van der Waals surface area contributed by atoms with Gasteiger partial charge in [0.2, 0.25) is 0 Å². The van der Waals surface area contributed by atoms with Crippen LogP contribution in [0.4, 0.5) is 0 Å². The van der Waals surface area contributed by atoms with Crippen LogP contribution in [0.3, 0.4) is 0 Å². The lowest BCUT2D eigenvalue weighted by Crippen LogP contribution is -2.16. The molecule has 1 aromatic carbocycles. The summed E-state index contributed by atoms with van der Waals surface area (Å²) < 4.78 is 5.38. The highest BCUT2D eigenvalue weighted by atomic mass is 16.5. The number of rotatable bonds is 1. The number of allylic oxidation sites excluding steroid dienone is 1. The lowest BCUT2D eigenvalue weighted by molar-refractivity contribution is -0.133. The molecule has 0 unspecified atom stereocenters. The number of aliphatic carboxylic acids is 1. The number of carbonyl (C=O) groups is 1. The third-order valence-electron chi connectivity index (χ3n) is 2.62. The summed E-state index contributed by atoms with van der Waals surface area (Å²) in [4.78, 5) is 10.9. The molecule has 0 saturated carbocycles. The summed E-state index contributed by atoms with van der Waals surface area (Å²) in [5.41, 5.74) is 3.13. The highest BCUT2D eigenvalue weighted by Crippen LogP contribution is 2.33. The molecule has 1 aliphatic rings. The second-order valence-electron chi connectivity index (χ2n) is 3.70. The summed E-state index contributed by atoms with van der Waals surface area (Å²) >= 11 is 0. The van der Waals surface area contributed by atoms with E-state index in [4.69, 9.17) is 9.84 Å². The SMILES string of the molecule is CC1=C(C(=O)O)COc2ccc(C)cc21. The monoisotopic (exact) mass is 204 g/mol. The fraction of sp³-hybridized carbons (Fsp3) is 0.250. The van der Waals surface area contributed by atoms with E-state index in [0.717, 1.165) is 22.4 Å². The van der Waals surface area contributed by atoms with E-state index in [1.165, 1.54) is 0 Å². The molecule has 0 aromatic heterocycles. The fourth-order valence-electron chi connectivity index (χ4n) is 1.71. The maximum atomic E-state index is 10.9. The average molecular weight is 204 g/mol. The first-order chi connectivity index (χ1) is 7.09. The number of carboxylic acid groups (broad SMARTS) is 1. The Balaban J connectivity index is 2.59. The van der Waals surface area contributed by atoms with Crippen molar-refractivity contribution in [1.29, 1.82) is 0 Å². The Kier molecular flexibility index (Phi) is 2.23.